The van der Waals surface area contributed by atoms with Gasteiger partial charge in [0.25, 0.3) is 0 Å². The third kappa shape index (κ3) is 6.06. The third-order valence-corrected chi connectivity index (χ3v) is 4.92. The van der Waals surface area contributed by atoms with Crippen molar-refractivity contribution in [2.75, 3.05) is 18.4 Å². The van der Waals surface area contributed by atoms with Crippen LogP contribution in [-0.2, 0) is 11.0 Å². The molecule has 0 radical (unpaired) electrons. The number of anilines is 1. The summed E-state index contributed by atoms with van der Waals surface area (Å²) >= 11 is 0. The van der Waals surface area contributed by atoms with Crippen LogP contribution in [0.4, 0.5) is 18.9 Å². The number of terminal acetylenes is 1. The molecule has 1 aliphatic heterocycles. The Hall–Kier alpha value is -4.58. The van der Waals surface area contributed by atoms with Crippen LogP contribution in [0.2, 0.25) is 0 Å². The molecule has 1 amide bonds. The van der Waals surface area contributed by atoms with Crippen LogP contribution in [0.3, 0.4) is 0 Å². The Bertz CT molecular complexity index is 1360. The molecular formula is C26H19F3N4O2. The normalized spacial score (nSPS) is 13.1. The highest BCUT2D eigenvalue weighted by Gasteiger charge is 2.33. The molecule has 0 atom stereocenters. The van der Waals surface area contributed by atoms with Crippen molar-refractivity contribution in [2.24, 2.45) is 4.99 Å². The van der Waals surface area contributed by atoms with Gasteiger partial charge in [-0.15, -0.1) is 6.42 Å². The number of amidine groups is 1. The number of carbonyl (C=O) groups is 1. The minimum absolute atomic E-state index is 0.0158. The lowest BCUT2D eigenvalue weighted by atomic mass is 10.1. The minimum atomic E-state index is -4.63. The van der Waals surface area contributed by atoms with Crippen molar-refractivity contribution >= 4 is 23.5 Å². The number of aromatic nitrogens is 1. The molecule has 0 saturated carbocycles. The lowest BCUT2D eigenvalue weighted by Gasteiger charge is -2.11. The van der Waals surface area contributed by atoms with Gasteiger partial charge in [0.1, 0.15) is 23.0 Å². The number of alkyl halides is 3. The largest absolute Gasteiger partial charge is 0.457 e. The second-order valence-electron chi connectivity index (χ2n) is 7.43. The fourth-order valence-electron chi connectivity index (χ4n) is 3.33. The molecule has 9 heteroatoms. The van der Waals surface area contributed by atoms with E-state index in [-0.39, 0.29) is 11.3 Å². The molecule has 6 nitrogen and oxygen atoms in total. The highest BCUT2D eigenvalue weighted by atomic mass is 19.4. The smallest absolute Gasteiger partial charge is 0.417 e. The van der Waals surface area contributed by atoms with Crippen molar-refractivity contribution in [1.29, 1.82) is 0 Å². The van der Waals surface area contributed by atoms with Crippen molar-refractivity contribution in [3.05, 3.63) is 89.3 Å². The number of aliphatic imine (C=N–C) groups is 1. The number of hydrogen-bond donors (Lipinski definition) is 2. The Labute approximate surface area is 199 Å². The summed E-state index contributed by atoms with van der Waals surface area (Å²) in [6, 6.07) is 13.8. The molecule has 4 rings (SSSR count). The van der Waals surface area contributed by atoms with Crippen molar-refractivity contribution in [3.63, 3.8) is 0 Å². The van der Waals surface area contributed by atoms with Gasteiger partial charge in [-0.05, 0) is 48.0 Å². The fraction of sp³-hybridized carbons (Fsp3) is 0.115. The van der Waals surface area contributed by atoms with Crippen molar-refractivity contribution in [1.82, 2.24) is 10.3 Å². The molecule has 0 fully saturated rings. The maximum atomic E-state index is 13.2. The summed E-state index contributed by atoms with van der Waals surface area (Å²) in [5.41, 5.74) is 0.0420. The molecule has 0 aliphatic carbocycles. The monoisotopic (exact) mass is 476 g/mol. The van der Waals surface area contributed by atoms with Crippen molar-refractivity contribution in [2.45, 2.75) is 6.18 Å². The summed E-state index contributed by atoms with van der Waals surface area (Å²) in [7, 11) is 0. The Balaban J connectivity index is 1.43. The van der Waals surface area contributed by atoms with E-state index < -0.39 is 17.6 Å². The van der Waals surface area contributed by atoms with E-state index in [1.54, 1.807) is 42.6 Å². The molecule has 1 aromatic heterocycles. The third-order valence-electron chi connectivity index (χ3n) is 4.92. The number of halogens is 3. The predicted molar refractivity (Wildman–Crippen MR) is 127 cm³/mol. The lowest BCUT2D eigenvalue weighted by Crippen LogP contribution is -2.20. The first kappa shape index (κ1) is 23.6. The molecule has 0 saturated heterocycles. The van der Waals surface area contributed by atoms with Crippen LogP contribution in [0.5, 0.6) is 11.5 Å². The van der Waals surface area contributed by atoms with Crippen LogP contribution in [0.15, 0.2) is 71.9 Å². The standard InChI is InChI=1S/C26H19F3N4O2/c1-2-18-7-8-19(15-22(18)26(27,28)29)33-24(34)9-6-17-4-3-5-20(14-17)35-21-10-11-30-23(16-21)25-31-12-13-32-25/h1,3-11,14-16H,12-13H2,(H,31,32)(H,33,34)/b9-6+. The van der Waals surface area contributed by atoms with Gasteiger partial charge in [0, 0.05) is 36.1 Å². The Morgan fingerprint density at radius 3 is 2.71 bits per heavy atom. The van der Waals surface area contributed by atoms with Crippen LogP contribution >= 0.6 is 0 Å². The van der Waals surface area contributed by atoms with Crippen molar-refractivity contribution < 1.29 is 22.7 Å². The molecule has 2 N–H and O–H groups in total. The van der Waals surface area contributed by atoms with E-state index in [1.165, 1.54) is 18.2 Å². The summed E-state index contributed by atoms with van der Waals surface area (Å²) in [6.45, 7) is 1.47. The number of ether oxygens (including phenoxy) is 1. The van der Waals surface area contributed by atoms with Gasteiger partial charge in [0.2, 0.25) is 5.91 Å². The van der Waals surface area contributed by atoms with Crippen LogP contribution < -0.4 is 15.4 Å². The maximum absolute atomic E-state index is 13.2. The van der Waals surface area contributed by atoms with E-state index in [9.17, 15) is 18.0 Å². The predicted octanol–water partition coefficient (Wildman–Crippen LogP) is 4.88. The number of nitrogens with one attached hydrogen (secondary N) is 2. The Kier molecular flexibility index (Phi) is 6.83. The average Bonchev–Trinajstić information content (AvgIpc) is 3.38. The quantitative estimate of drug-likeness (QED) is 0.393. The van der Waals surface area contributed by atoms with Gasteiger partial charge < -0.3 is 15.4 Å². The van der Waals surface area contributed by atoms with Gasteiger partial charge in [-0.3, -0.25) is 14.8 Å². The maximum Gasteiger partial charge on any atom is 0.417 e. The molecule has 0 bridgehead atoms. The zero-order valence-electron chi connectivity index (χ0n) is 18.3. The fourth-order valence-corrected chi connectivity index (χ4v) is 3.33. The number of hydrogen-bond acceptors (Lipinski definition) is 5. The van der Waals surface area contributed by atoms with Crippen LogP contribution in [0.25, 0.3) is 6.08 Å². The van der Waals surface area contributed by atoms with Gasteiger partial charge in [-0.2, -0.15) is 13.2 Å². The Morgan fingerprint density at radius 1 is 1.14 bits per heavy atom. The number of rotatable bonds is 6. The molecule has 2 aromatic carbocycles. The zero-order chi connectivity index (χ0) is 24.8. The highest BCUT2D eigenvalue weighted by molar-refractivity contribution is 6.02. The molecule has 35 heavy (non-hydrogen) atoms. The van der Waals surface area contributed by atoms with Crippen LogP contribution in [0, 0.1) is 12.3 Å². The molecule has 0 spiro atoms. The average molecular weight is 476 g/mol. The van der Waals surface area contributed by atoms with Gasteiger partial charge in [0.15, 0.2) is 0 Å². The summed E-state index contributed by atoms with van der Waals surface area (Å²) in [5.74, 6) is 3.22. The number of benzene rings is 2. The first-order chi connectivity index (χ1) is 16.8. The van der Waals surface area contributed by atoms with E-state index >= 15 is 0 Å². The molecule has 0 unspecified atom stereocenters. The van der Waals surface area contributed by atoms with Crippen molar-refractivity contribution in [3.8, 4) is 23.8 Å². The SMILES string of the molecule is C#Cc1ccc(NC(=O)/C=C/c2cccc(Oc3ccnc(C4=NCCN4)c3)c2)cc1C(F)(F)F. The first-order valence-corrected chi connectivity index (χ1v) is 10.5. The molecular weight excluding hydrogens is 457 g/mol. The molecule has 1 aliphatic rings. The van der Waals surface area contributed by atoms with E-state index in [4.69, 9.17) is 11.2 Å². The van der Waals surface area contributed by atoms with Crippen LogP contribution in [0.1, 0.15) is 22.4 Å². The van der Waals surface area contributed by atoms with E-state index in [0.29, 0.717) is 29.3 Å². The zero-order valence-corrected chi connectivity index (χ0v) is 18.3. The van der Waals surface area contributed by atoms with E-state index in [0.717, 1.165) is 24.5 Å². The van der Waals surface area contributed by atoms with Crippen LogP contribution in [-0.4, -0.2) is 29.8 Å². The summed E-state index contributed by atoms with van der Waals surface area (Å²) in [4.78, 5) is 20.9. The van der Waals surface area contributed by atoms with Gasteiger partial charge in [-0.25, -0.2) is 0 Å². The molecule has 3 aromatic rings. The summed E-state index contributed by atoms with van der Waals surface area (Å²) in [6.07, 6.45) is 4.88. The number of amides is 1. The topological polar surface area (TPSA) is 75.6 Å². The van der Waals surface area contributed by atoms with Gasteiger partial charge >= 0.3 is 6.18 Å². The first-order valence-electron chi connectivity index (χ1n) is 10.5. The molecule has 2 heterocycles. The second kappa shape index (κ2) is 10.1. The second-order valence-corrected chi connectivity index (χ2v) is 7.43. The van der Waals surface area contributed by atoms with Gasteiger partial charge in [0.05, 0.1) is 12.1 Å². The van der Waals surface area contributed by atoms with E-state index in [2.05, 4.69) is 20.6 Å². The highest BCUT2D eigenvalue weighted by Crippen LogP contribution is 2.33. The number of nitrogens with zero attached hydrogens (tertiary/aromatic N) is 2. The number of pyridine rings is 1. The summed E-state index contributed by atoms with van der Waals surface area (Å²) < 4.78 is 45.4. The van der Waals surface area contributed by atoms with E-state index in [1.807, 2.05) is 5.92 Å². The van der Waals surface area contributed by atoms with Gasteiger partial charge in [-0.1, -0.05) is 18.1 Å². The minimum Gasteiger partial charge on any atom is -0.457 e. The Morgan fingerprint density at radius 2 is 1.97 bits per heavy atom. The summed E-state index contributed by atoms with van der Waals surface area (Å²) in [5, 5.41) is 5.57. The molecule has 176 valence electrons. The lowest BCUT2D eigenvalue weighted by molar-refractivity contribution is -0.137. The number of carbonyl (C=O) groups excluding carboxylic acids is 1.